The molecule has 1 heterocycles. The van der Waals surface area contributed by atoms with Crippen LogP contribution in [0.15, 0.2) is 60.7 Å². The second-order valence-corrected chi connectivity index (χ2v) is 13.9. The van der Waals surface area contributed by atoms with Gasteiger partial charge in [0.05, 0.1) is 25.9 Å². The van der Waals surface area contributed by atoms with E-state index in [9.17, 15) is 0 Å². The molecule has 1 aliphatic rings. The quantitative estimate of drug-likeness (QED) is 0.105. The molecule has 0 radical (unpaired) electrons. The summed E-state index contributed by atoms with van der Waals surface area (Å²) in [6.45, 7) is 9.51. The van der Waals surface area contributed by atoms with E-state index in [1.54, 1.807) is 0 Å². The third kappa shape index (κ3) is 15.0. The minimum atomic E-state index is -0.398. The molecule has 44 heavy (non-hydrogen) atoms. The number of hydrogen-bond acceptors (Lipinski definition) is 5. The van der Waals surface area contributed by atoms with Crippen LogP contribution in [-0.4, -0.2) is 57.3 Å². The Kier molecular flexibility index (Phi) is 17.6. The molecule has 1 aliphatic heterocycles. The summed E-state index contributed by atoms with van der Waals surface area (Å²) in [4.78, 5) is 2.27. The van der Waals surface area contributed by atoms with Gasteiger partial charge in [0.2, 0.25) is 0 Å². The van der Waals surface area contributed by atoms with Gasteiger partial charge in [-0.15, -0.1) is 0 Å². The van der Waals surface area contributed by atoms with Gasteiger partial charge >= 0.3 is 0 Å². The molecule has 2 aromatic rings. The maximum absolute atomic E-state index is 6.85. The highest BCUT2D eigenvalue weighted by molar-refractivity contribution is 5.14. The molecule has 0 N–H and O–H groups in total. The largest absolute Gasteiger partial charge is 0.377 e. The number of hydrogen-bond donors (Lipinski definition) is 0. The normalized spacial score (nSPS) is 16.6. The van der Waals surface area contributed by atoms with Gasteiger partial charge in [-0.05, 0) is 50.9 Å². The first-order chi connectivity index (χ1) is 21.4. The van der Waals surface area contributed by atoms with Crippen LogP contribution in [0.3, 0.4) is 0 Å². The van der Waals surface area contributed by atoms with Crippen LogP contribution in [0, 0.1) is 5.41 Å². The smallest absolute Gasteiger partial charge is 0.168 e. The Morgan fingerprint density at radius 3 is 1.55 bits per heavy atom. The van der Waals surface area contributed by atoms with Crippen molar-refractivity contribution in [2.24, 2.45) is 5.41 Å². The van der Waals surface area contributed by atoms with Crippen LogP contribution in [0.5, 0.6) is 0 Å². The van der Waals surface area contributed by atoms with E-state index < -0.39 is 5.79 Å². The van der Waals surface area contributed by atoms with E-state index in [1.807, 2.05) is 0 Å². The van der Waals surface area contributed by atoms with Crippen molar-refractivity contribution >= 4 is 0 Å². The molecule has 1 unspecified atom stereocenters. The second kappa shape index (κ2) is 21.1. The molecule has 0 bridgehead atoms. The summed E-state index contributed by atoms with van der Waals surface area (Å²) in [6.07, 6.45) is 16.9. The van der Waals surface area contributed by atoms with Gasteiger partial charge in [-0.25, -0.2) is 0 Å². The average Bonchev–Trinajstić information content (AvgIpc) is 3.45. The molecule has 0 saturated carbocycles. The zero-order valence-electron chi connectivity index (χ0n) is 28.6. The van der Waals surface area contributed by atoms with Crippen LogP contribution in [-0.2, 0) is 32.2 Å². The van der Waals surface area contributed by atoms with Gasteiger partial charge in [0.1, 0.15) is 0 Å². The number of nitrogens with zero attached hydrogens (tertiary/aromatic N) is 1. The fraction of sp³-hybridized carbons (Fsp3) is 0.692. The molecule has 5 nitrogen and oxygen atoms in total. The molecule has 1 atom stereocenters. The second-order valence-electron chi connectivity index (χ2n) is 13.9. The van der Waals surface area contributed by atoms with E-state index in [4.69, 9.17) is 18.9 Å². The van der Waals surface area contributed by atoms with Crippen molar-refractivity contribution in [1.29, 1.82) is 0 Å². The van der Waals surface area contributed by atoms with E-state index in [1.165, 1.54) is 75.3 Å². The Morgan fingerprint density at radius 1 is 0.659 bits per heavy atom. The van der Waals surface area contributed by atoms with Gasteiger partial charge in [0.25, 0.3) is 0 Å². The first-order valence-electron chi connectivity index (χ1n) is 17.6. The highest BCUT2D eigenvalue weighted by atomic mass is 16.7. The standard InChI is InChI=1S/C39H63NO4/c1-38(2,34-40(3)4)37-33-43-39(44-37,27-19-9-5-7-11-21-29-41-31-35-23-15-13-16-24-35)28-20-10-6-8-12-22-30-42-32-36-25-17-14-18-26-36/h13-18,23-26,37H,5-12,19-22,27-34H2,1-4H3. The van der Waals surface area contributed by atoms with Gasteiger partial charge in [-0.1, -0.05) is 126 Å². The van der Waals surface area contributed by atoms with Crippen LogP contribution >= 0.6 is 0 Å². The van der Waals surface area contributed by atoms with Gasteiger partial charge in [0, 0.05) is 38.0 Å². The number of rotatable bonds is 25. The lowest BCUT2D eigenvalue weighted by atomic mass is 9.86. The summed E-state index contributed by atoms with van der Waals surface area (Å²) in [5.41, 5.74) is 2.58. The molecule has 1 saturated heterocycles. The third-order valence-corrected chi connectivity index (χ3v) is 8.87. The van der Waals surface area contributed by atoms with Crippen molar-refractivity contribution in [1.82, 2.24) is 4.90 Å². The molecule has 3 rings (SSSR count). The molecular formula is C39H63NO4. The summed E-state index contributed by atoms with van der Waals surface area (Å²) in [5.74, 6) is -0.398. The lowest BCUT2D eigenvalue weighted by molar-refractivity contribution is -0.190. The van der Waals surface area contributed by atoms with Crippen molar-refractivity contribution in [3.8, 4) is 0 Å². The van der Waals surface area contributed by atoms with Crippen LogP contribution < -0.4 is 0 Å². The summed E-state index contributed by atoms with van der Waals surface area (Å²) >= 11 is 0. The minimum Gasteiger partial charge on any atom is -0.377 e. The lowest BCUT2D eigenvalue weighted by Crippen LogP contribution is -2.41. The van der Waals surface area contributed by atoms with Gasteiger partial charge < -0.3 is 23.8 Å². The minimum absolute atomic E-state index is 0.0659. The summed E-state index contributed by atoms with van der Waals surface area (Å²) in [7, 11) is 4.30. The highest BCUT2D eigenvalue weighted by Gasteiger charge is 2.46. The SMILES string of the molecule is CN(C)CC(C)(C)C1COC(CCCCCCCCOCc2ccccc2)(CCCCCCCCOCc2ccccc2)O1. The number of ether oxygens (including phenoxy) is 4. The zero-order valence-corrected chi connectivity index (χ0v) is 28.6. The predicted molar refractivity (Wildman–Crippen MR) is 183 cm³/mol. The van der Waals surface area contributed by atoms with Crippen molar-refractivity contribution in [2.75, 3.05) is 40.5 Å². The van der Waals surface area contributed by atoms with Crippen molar-refractivity contribution in [2.45, 2.75) is 129 Å². The van der Waals surface area contributed by atoms with E-state index in [0.717, 1.165) is 58.7 Å². The molecule has 2 aromatic carbocycles. The first kappa shape index (κ1) is 36.7. The molecule has 5 heteroatoms. The number of benzene rings is 2. The monoisotopic (exact) mass is 609 g/mol. The van der Waals surface area contributed by atoms with E-state index in [-0.39, 0.29) is 11.5 Å². The van der Waals surface area contributed by atoms with Crippen molar-refractivity contribution < 1.29 is 18.9 Å². The van der Waals surface area contributed by atoms with Crippen LogP contribution in [0.2, 0.25) is 0 Å². The third-order valence-electron chi connectivity index (χ3n) is 8.87. The molecule has 0 spiro atoms. The summed E-state index contributed by atoms with van der Waals surface area (Å²) < 4.78 is 25.1. The average molecular weight is 610 g/mol. The fourth-order valence-electron chi connectivity index (χ4n) is 6.38. The predicted octanol–water partition coefficient (Wildman–Crippen LogP) is 9.58. The maximum Gasteiger partial charge on any atom is 0.168 e. The van der Waals surface area contributed by atoms with Crippen molar-refractivity contribution in [3.63, 3.8) is 0 Å². The molecular weight excluding hydrogens is 546 g/mol. The van der Waals surface area contributed by atoms with E-state index >= 15 is 0 Å². The Labute approximate surface area is 270 Å². The topological polar surface area (TPSA) is 40.2 Å². The lowest BCUT2D eigenvalue weighted by Gasteiger charge is -2.35. The number of unbranched alkanes of at least 4 members (excludes halogenated alkanes) is 10. The Hall–Kier alpha value is -1.76. The maximum atomic E-state index is 6.85. The van der Waals surface area contributed by atoms with Gasteiger partial charge in [0.15, 0.2) is 5.79 Å². The first-order valence-corrected chi connectivity index (χ1v) is 17.6. The Bertz CT molecular complexity index is 905. The Balaban J connectivity index is 1.28. The fourth-order valence-corrected chi connectivity index (χ4v) is 6.38. The van der Waals surface area contributed by atoms with Crippen molar-refractivity contribution in [3.05, 3.63) is 71.8 Å². The summed E-state index contributed by atoms with van der Waals surface area (Å²) in [6, 6.07) is 20.9. The highest BCUT2D eigenvalue weighted by Crippen LogP contribution is 2.40. The Morgan fingerprint density at radius 2 is 1.09 bits per heavy atom. The van der Waals surface area contributed by atoms with Crippen LogP contribution in [0.25, 0.3) is 0 Å². The van der Waals surface area contributed by atoms with E-state index in [0.29, 0.717) is 6.61 Å². The molecule has 0 aliphatic carbocycles. The molecule has 0 amide bonds. The van der Waals surface area contributed by atoms with Crippen LogP contribution in [0.1, 0.15) is 115 Å². The summed E-state index contributed by atoms with van der Waals surface area (Å²) in [5, 5.41) is 0. The molecule has 1 fully saturated rings. The van der Waals surface area contributed by atoms with Gasteiger partial charge in [-0.2, -0.15) is 0 Å². The zero-order chi connectivity index (χ0) is 31.4. The molecule has 248 valence electrons. The van der Waals surface area contributed by atoms with Crippen LogP contribution in [0.4, 0.5) is 0 Å². The van der Waals surface area contributed by atoms with E-state index in [2.05, 4.69) is 93.5 Å². The molecule has 0 aromatic heterocycles. The van der Waals surface area contributed by atoms with Gasteiger partial charge in [-0.3, -0.25) is 0 Å².